The van der Waals surface area contributed by atoms with Crippen molar-refractivity contribution in [1.29, 1.82) is 0 Å². The van der Waals surface area contributed by atoms with E-state index in [-0.39, 0.29) is 11.5 Å². The minimum atomic E-state index is -0.444. The Hall–Kier alpha value is -2.69. The van der Waals surface area contributed by atoms with Crippen LogP contribution < -0.4 is 10.1 Å². The molecule has 1 aliphatic heterocycles. The largest absolute Gasteiger partial charge is 0.510 e. The number of methoxy groups -OCH3 is 1. The van der Waals surface area contributed by atoms with E-state index in [4.69, 9.17) is 9.15 Å². The fourth-order valence-electron chi connectivity index (χ4n) is 3.04. The van der Waals surface area contributed by atoms with Crippen LogP contribution in [0.2, 0.25) is 0 Å². The fraction of sp³-hybridized carbons (Fsp3) is 0.188. The van der Waals surface area contributed by atoms with Crippen LogP contribution in [-0.2, 0) is 0 Å². The lowest BCUT2D eigenvalue weighted by atomic mass is 9.81. The van der Waals surface area contributed by atoms with Gasteiger partial charge >= 0.3 is 0 Å². The van der Waals surface area contributed by atoms with Crippen LogP contribution >= 0.6 is 0 Å². The average Bonchev–Trinajstić information content (AvgIpc) is 2.96. The third-order valence-corrected chi connectivity index (χ3v) is 4.06. The van der Waals surface area contributed by atoms with Crippen molar-refractivity contribution in [2.24, 2.45) is 5.92 Å². The van der Waals surface area contributed by atoms with Gasteiger partial charge in [0.05, 0.1) is 36.6 Å². The van der Waals surface area contributed by atoms with Gasteiger partial charge in [0.2, 0.25) is 0 Å². The quantitative estimate of drug-likeness (QED) is 0.841. The number of furan rings is 1. The van der Waals surface area contributed by atoms with Crippen LogP contribution in [0.5, 0.6) is 5.75 Å². The molecule has 21 heavy (non-hydrogen) atoms. The number of carbonyl (C=O) groups excluding carboxylic acids is 1. The molecule has 2 N–H and O–H groups in total. The van der Waals surface area contributed by atoms with E-state index in [2.05, 4.69) is 5.32 Å². The SMILES string of the molecule is COc1cc2occc2c2c1C(=O)C1C=CC=C(O)C1N2. The van der Waals surface area contributed by atoms with Crippen molar-refractivity contribution in [3.63, 3.8) is 0 Å². The molecular weight excluding hydrogens is 270 g/mol. The summed E-state index contributed by atoms with van der Waals surface area (Å²) < 4.78 is 10.7. The van der Waals surface area contributed by atoms with Crippen molar-refractivity contribution in [3.05, 3.63) is 47.9 Å². The molecule has 2 heterocycles. The molecule has 1 aliphatic carbocycles. The first-order valence-corrected chi connectivity index (χ1v) is 6.67. The van der Waals surface area contributed by atoms with Gasteiger partial charge in [0.25, 0.3) is 0 Å². The van der Waals surface area contributed by atoms with Crippen molar-refractivity contribution in [3.8, 4) is 5.75 Å². The number of benzene rings is 1. The number of fused-ring (bicyclic) bond motifs is 4. The molecule has 1 aromatic carbocycles. The standard InChI is InChI=1S/C16H13NO4/c1-20-12-7-11-8(5-6-21-11)15-13(12)16(19)9-3-2-4-10(18)14(9)17-15/h2-7,9,14,17-18H,1H3. The first kappa shape index (κ1) is 12.1. The number of anilines is 1. The molecule has 2 atom stereocenters. The van der Waals surface area contributed by atoms with Crippen molar-refractivity contribution in [1.82, 2.24) is 0 Å². The predicted molar refractivity (Wildman–Crippen MR) is 77.8 cm³/mol. The number of rotatable bonds is 1. The Kier molecular flexibility index (Phi) is 2.39. The summed E-state index contributed by atoms with van der Waals surface area (Å²) in [7, 11) is 1.53. The summed E-state index contributed by atoms with van der Waals surface area (Å²) in [5, 5.41) is 14.1. The second kappa shape index (κ2) is 4.15. The lowest BCUT2D eigenvalue weighted by Crippen LogP contribution is -2.41. The number of ketones is 1. The highest BCUT2D eigenvalue weighted by atomic mass is 16.5. The molecule has 4 rings (SSSR count). The maximum atomic E-state index is 12.8. The molecule has 0 fully saturated rings. The molecule has 2 aliphatic rings. The fourth-order valence-corrected chi connectivity index (χ4v) is 3.04. The molecule has 0 radical (unpaired) electrons. The van der Waals surface area contributed by atoms with E-state index < -0.39 is 12.0 Å². The number of nitrogens with one attached hydrogen (secondary N) is 1. The molecular formula is C16H13NO4. The van der Waals surface area contributed by atoms with Crippen LogP contribution in [0.3, 0.4) is 0 Å². The number of ether oxygens (including phenoxy) is 1. The van der Waals surface area contributed by atoms with Crippen molar-refractivity contribution in [2.45, 2.75) is 6.04 Å². The number of aliphatic hydroxyl groups is 1. The van der Waals surface area contributed by atoms with Gasteiger partial charge in [-0.3, -0.25) is 4.79 Å². The van der Waals surface area contributed by atoms with Crippen LogP contribution in [0.4, 0.5) is 5.69 Å². The number of hydrogen-bond acceptors (Lipinski definition) is 5. The smallest absolute Gasteiger partial charge is 0.178 e. The Labute approximate surface area is 120 Å². The topological polar surface area (TPSA) is 71.7 Å². The zero-order valence-corrected chi connectivity index (χ0v) is 11.3. The van der Waals surface area contributed by atoms with Crippen LogP contribution in [0.15, 0.2) is 46.8 Å². The van der Waals surface area contributed by atoms with Gasteiger partial charge in [0.1, 0.15) is 17.1 Å². The Morgan fingerprint density at radius 1 is 1.43 bits per heavy atom. The van der Waals surface area contributed by atoms with Crippen LogP contribution in [-0.4, -0.2) is 24.0 Å². The van der Waals surface area contributed by atoms with Crippen LogP contribution in [0.1, 0.15) is 10.4 Å². The average molecular weight is 283 g/mol. The van der Waals surface area contributed by atoms with E-state index in [1.807, 2.05) is 0 Å². The lowest BCUT2D eigenvalue weighted by Gasteiger charge is -2.33. The molecule has 0 saturated carbocycles. The third-order valence-electron chi connectivity index (χ3n) is 4.06. The molecule has 2 unspecified atom stereocenters. The van der Waals surface area contributed by atoms with E-state index in [9.17, 15) is 9.90 Å². The van der Waals surface area contributed by atoms with Gasteiger partial charge in [-0.25, -0.2) is 0 Å². The van der Waals surface area contributed by atoms with Crippen molar-refractivity contribution >= 4 is 22.4 Å². The third kappa shape index (κ3) is 1.54. The highest BCUT2D eigenvalue weighted by Gasteiger charge is 2.40. The van der Waals surface area contributed by atoms with E-state index in [1.54, 1.807) is 36.6 Å². The lowest BCUT2D eigenvalue weighted by molar-refractivity contribution is 0.0921. The second-order valence-electron chi connectivity index (χ2n) is 5.15. The summed E-state index contributed by atoms with van der Waals surface area (Å²) in [5.41, 5.74) is 1.80. The highest BCUT2D eigenvalue weighted by Crippen LogP contribution is 2.43. The molecule has 1 aromatic heterocycles. The summed E-state index contributed by atoms with van der Waals surface area (Å²) in [6, 6.07) is 3.07. The van der Waals surface area contributed by atoms with E-state index in [1.165, 1.54) is 7.11 Å². The normalized spacial score (nSPS) is 23.3. The van der Waals surface area contributed by atoms with Crippen molar-refractivity contribution < 1.29 is 19.1 Å². The molecule has 5 heteroatoms. The van der Waals surface area contributed by atoms with Gasteiger partial charge < -0.3 is 19.6 Å². The van der Waals surface area contributed by atoms with Crippen LogP contribution in [0, 0.1) is 5.92 Å². The Bertz CT molecular complexity index is 815. The number of hydrogen-bond donors (Lipinski definition) is 2. The maximum Gasteiger partial charge on any atom is 0.178 e. The second-order valence-corrected chi connectivity index (χ2v) is 5.15. The van der Waals surface area contributed by atoms with Crippen molar-refractivity contribution in [2.75, 3.05) is 12.4 Å². The maximum absolute atomic E-state index is 12.8. The predicted octanol–water partition coefficient (Wildman–Crippen LogP) is 3.05. The van der Waals surface area contributed by atoms with E-state index >= 15 is 0 Å². The number of aliphatic hydroxyl groups excluding tert-OH is 1. The molecule has 0 spiro atoms. The summed E-state index contributed by atoms with van der Waals surface area (Å²) in [6.45, 7) is 0. The monoisotopic (exact) mass is 283 g/mol. The highest BCUT2D eigenvalue weighted by molar-refractivity contribution is 6.14. The summed E-state index contributed by atoms with van der Waals surface area (Å²) in [4.78, 5) is 12.8. The summed E-state index contributed by atoms with van der Waals surface area (Å²) in [5.74, 6) is 0.136. The minimum Gasteiger partial charge on any atom is -0.510 e. The first-order valence-electron chi connectivity index (χ1n) is 6.67. The number of carbonyl (C=O) groups is 1. The zero-order valence-electron chi connectivity index (χ0n) is 11.3. The summed E-state index contributed by atoms with van der Waals surface area (Å²) in [6.07, 6.45) is 6.66. The van der Waals surface area contributed by atoms with Gasteiger partial charge in [-0.1, -0.05) is 12.2 Å². The number of allylic oxidation sites excluding steroid dienone is 2. The van der Waals surface area contributed by atoms with E-state index in [0.717, 1.165) is 5.39 Å². The molecule has 2 aromatic rings. The molecule has 0 saturated heterocycles. The van der Waals surface area contributed by atoms with Gasteiger partial charge in [0.15, 0.2) is 5.78 Å². The Morgan fingerprint density at radius 2 is 2.29 bits per heavy atom. The molecule has 0 amide bonds. The minimum absolute atomic E-state index is 0.0652. The van der Waals surface area contributed by atoms with Crippen LogP contribution in [0.25, 0.3) is 11.0 Å². The number of Topliss-reactive ketones (excluding diaryl/α,β-unsaturated/α-hetero) is 1. The molecule has 5 nitrogen and oxygen atoms in total. The summed E-state index contributed by atoms with van der Waals surface area (Å²) >= 11 is 0. The van der Waals surface area contributed by atoms with Gasteiger partial charge in [0, 0.05) is 11.5 Å². The Balaban J connectivity index is 2.00. The Morgan fingerprint density at radius 3 is 3.10 bits per heavy atom. The van der Waals surface area contributed by atoms with E-state index in [0.29, 0.717) is 22.6 Å². The molecule has 106 valence electrons. The first-order chi connectivity index (χ1) is 10.2. The van der Waals surface area contributed by atoms with Gasteiger partial charge in [-0.05, 0) is 12.1 Å². The van der Waals surface area contributed by atoms with Gasteiger partial charge in [-0.15, -0.1) is 0 Å². The molecule has 0 bridgehead atoms. The van der Waals surface area contributed by atoms with Gasteiger partial charge in [-0.2, -0.15) is 0 Å². The zero-order chi connectivity index (χ0) is 14.6.